The van der Waals surface area contributed by atoms with Gasteiger partial charge in [0, 0.05) is 11.8 Å². The van der Waals surface area contributed by atoms with Crippen LogP contribution in [-0.4, -0.2) is 17.0 Å². The maximum absolute atomic E-state index is 11.9. The van der Waals surface area contributed by atoms with Gasteiger partial charge in [-0.1, -0.05) is 64.3 Å². The fraction of sp³-hybridized carbons (Fsp3) is 0.815. The predicted molar refractivity (Wildman–Crippen MR) is 119 cm³/mol. The van der Waals surface area contributed by atoms with Gasteiger partial charge in [-0.05, 0) is 80.0 Å². The number of Topliss-reactive ketones (excluding diaryl/α,β-unsaturated/α-hetero) is 1. The maximum atomic E-state index is 11.9. The Balaban J connectivity index is 1.73. The molecule has 0 saturated heterocycles. The second-order valence-electron chi connectivity index (χ2n) is 12.2. The molecule has 2 saturated carbocycles. The average Bonchev–Trinajstić information content (AvgIpc) is 2.91. The van der Waals surface area contributed by atoms with Gasteiger partial charge in [0.1, 0.15) is 5.78 Å². The zero-order valence-corrected chi connectivity index (χ0v) is 19.8. The van der Waals surface area contributed by atoms with E-state index < -0.39 is 0 Å². The molecule has 2 fully saturated rings. The van der Waals surface area contributed by atoms with Crippen LogP contribution >= 0.6 is 0 Å². The Hall–Kier alpha value is -0.890. The van der Waals surface area contributed by atoms with Crippen LogP contribution in [-0.2, 0) is 4.79 Å². The number of allylic oxidation sites excluding steroid dienone is 4. The standard InChI is InChI=1S/C27H42O2/c1-17(16-18(2)28)25(5)14-15-27(7)20-8-10-21-24(3,4)23(29)12-13-26(21,6)19(20)9-11-22(25)27/h11,17,21,23,29H,8-10,12-16H2,1-7H3/t17-,21?,23-,25+,26-,27+/m1/s1. The first-order chi connectivity index (χ1) is 13.4. The van der Waals surface area contributed by atoms with E-state index in [1.807, 2.05) is 0 Å². The topological polar surface area (TPSA) is 37.3 Å². The molecule has 4 rings (SSSR count). The monoisotopic (exact) mass is 398 g/mol. The molecule has 4 aliphatic rings. The molecule has 1 N–H and O–H groups in total. The molecule has 0 radical (unpaired) electrons. The van der Waals surface area contributed by atoms with E-state index in [0.717, 1.165) is 19.3 Å². The van der Waals surface area contributed by atoms with Crippen molar-refractivity contribution in [2.45, 2.75) is 106 Å². The second kappa shape index (κ2) is 6.55. The van der Waals surface area contributed by atoms with Crippen LogP contribution in [0.5, 0.6) is 0 Å². The Bertz CT molecular complexity index is 786. The van der Waals surface area contributed by atoms with Crippen molar-refractivity contribution in [1.82, 2.24) is 0 Å². The summed E-state index contributed by atoms with van der Waals surface area (Å²) in [7, 11) is 0. The zero-order chi connectivity index (χ0) is 21.4. The van der Waals surface area contributed by atoms with Crippen molar-refractivity contribution in [3.05, 3.63) is 22.8 Å². The first kappa shape index (κ1) is 21.3. The lowest BCUT2D eigenvalue weighted by Gasteiger charge is -2.59. The van der Waals surface area contributed by atoms with E-state index in [4.69, 9.17) is 0 Å². The first-order valence-electron chi connectivity index (χ1n) is 12.0. The molecule has 0 heterocycles. The highest BCUT2D eigenvalue weighted by atomic mass is 16.3. The molecule has 0 aromatic heterocycles. The Morgan fingerprint density at radius 1 is 1.10 bits per heavy atom. The Kier molecular flexibility index (Phi) is 4.82. The van der Waals surface area contributed by atoms with Gasteiger partial charge in [0.15, 0.2) is 0 Å². The minimum absolute atomic E-state index is 0.00335. The van der Waals surface area contributed by atoms with E-state index in [-0.39, 0.29) is 27.8 Å². The van der Waals surface area contributed by atoms with E-state index in [0.29, 0.717) is 24.0 Å². The summed E-state index contributed by atoms with van der Waals surface area (Å²) in [6, 6.07) is 0. The third-order valence-electron chi connectivity index (χ3n) is 10.4. The lowest BCUT2D eigenvalue weighted by atomic mass is 9.46. The van der Waals surface area contributed by atoms with E-state index >= 15 is 0 Å². The van der Waals surface area contributed by atoms with Gasteiger partial charge in [-0.3, -0.25) is 0 Å². The van der Waals surface area contributed by atoms with Crippen LogP contribution in [0.15, 0.2) is 22.8 Å². The van der Waals surface area contributed by atoms with Gasteiger partial charge in [-0.25, -0.2) is 0 Å². The fourth-order valence-corrected chi connectivity index (χ4v) is 8.39. The number of hydrogen-bond donors (Lipinski definition) is 1. The number of carbonyl (C=O) groups excluding carboxylic acids is 1. The van der Waals surface area contributed by atoms with E-state index in [9.17, 15) is 9.90 Å². The Labute approximate surface area is 178 Å². The average molecular weight is 399 g/mol. The van der Waals surface area contributed by atoms with E-state index in [1.165, 1.54) is 25.7 Å². The first-order valence-corrected chi connectivity index (χ1v) is 12.0. The third-order valence-corrected chi connectivity index (χ3v) is 10.4. The smallest absolute Gasteiger partial charge is 0.130 e. The van der Waals surface area contributed by atoms with Crippen LogP contribution in [0.3, 0.4) is 0 Å². The fourth-order valence-electron chi connectivity index (χ4n) is 8.39. The van der Waals surface area contributed by atoms with Crippen LogP contribution in [0.4, 0.5) is 0 Å². The molecule has 0 amide bonds. The van der Waals surface area contributed by atoms with Gasteiger partial charge in [-0.15, -0.1) is 0 Å². The van der Waals surface area contributed by atoms with Gasteiger partial charge in [0.25, 0.3) is 0 Å². The molecule has 162 valence electrons. The maximum Gasteiger partial charge on any atom is 0.130 e. The molecule has 1 unspecified atom stereocenters. The second-order valence-corrected chi connectivity index (χ2v) is 12.2. The number of ketones is 1. The van der Waals surface area contributed by atoms with Gasteiger partial charge in [0.2, 0.25) is 0 Å². The molecule has 4 aliphatic carbocycles. The Morgan fingerprint density at radius 3 is 2.45 bits per heavy atom. The molecule has 6 atom stereocenters. The largest absolute Gasteiger partial charge is 0.393 e. The van der Waals surface area contributed by atoms with Crippen LogP contribution in [0, 0.1) is 33.5 Å². The number of carbonyl (C=O) groups is 1. The molecule has 0 bridgehead atoms. The molecule has 0 aromatic rings. The van der Waals surface area contributed by atoms with Crippen LogP contribution in [0.2, 0.25) is 0 Å². The van der Waals surface area contributed by atoms with Crippen molar-refractivity contribution in [1.29, 1.82) is 0 Å². The quantitative estimate of drug-likeness (QED) is 0.542. The van der Waals surface area contributed by atoms with Crippen molar-refractivity contribution in [3.63, 3.8) is 0 Å². The van der Waals surface area contributed by atoms with Crippen molar-refractivity contribution in [2.24, 2.45) is 33.5 Å². The van der Waals surface area contributed by atoms with Crippen molar-refractivity contribution in [2.75, 3.05) is 0 Å². The summed E-state index contributed by atoms with van der Waals surface area (Å²) in [5, 5.41) is 10.7. The third kappa shape index (κ3) is 2.80. The number of fused-ring (bicyclic) bond motifs is 4. The SMILES string of the molecule is CC(=O)C[C@@H](C)[C@]1(C)CC[C@]2(C)C1=CCC1=C2CCC2C(C)(C)[C@H](O)CC[C@]12C. The molecule has 2 nitrogen and oxygen atoms in total. The zero-order valence-electron chi connectivity index (χ0n) is 19.8. The summed E-state index contributed by atoms with van der Waals surface area (Å²) in [5.74, 6) is 1.30. The summed E-state index contributed by atoms with van der Waals surface area (Å²) < 4.78 is 0. The normalized spacial score (nSPS) is 44.5. The minimum atomic E-state index is -0.171. The summed E-state index contributed by atoms with van der Waals surface area (Å²) in [5.41, 5.74) is 5.64. The molecule has 29 heavy (non-hydrogen) atoms. The predicted octanol–water partition coefficient (Wildman–Crippen LogP) is 6.63. The highest BCUT2D eigenvalue weighted by molar-refractivity contribution is 5.75. The highest BCUT2D eigenvalue weighted by Crippen LogP contribution is 2.69. The number of rotatable bonds is 3. The molecule has 0 spiro atoms. The lowest BCUT2D eigenvalue weighted by Crippen LogP contribution is -2.53. The van der Waals surface area contributed by atoms with Crippen molar-refractivity contribution in [3.8, 4) is 0 Å². The van der Waals surface area contributed by atoms with Gasteiger partial charge in [0.05, 0.1) is 6.10 Å². The van der Waals surface area contributed by atoms with Crippen molar-refractivity contribution < 1.29 is 9.90 Å². The van der Waals surface area contributed by atoms with E-state index in [2.05, 4.69) is 47.6 Å². The molecule has 0 aromatic carbocycles. The van der Waals surface area contributed by atoms with Gasteiger partial charge in [-0.2, -0.15) is 0 Å². The van der Waals surface area contributed by atoms with Gasteiger partial charge < -0.3 is 9.90 Å². The summed E-state index contributed by atoms with van der Waals surface area (Å²) in [4.78, 5) is 11.9. The lowest BCUT2D eigenvalue weighted by molar-refractivity contribution is -0.118. The van der Waals surface area contributed by atoms with Crippen LogP contribution in [0.1, 0.15) is 99.8 Å². The number of aliphatic hydroxyl groups excluding tert-OH is 1. The molecular weight excluding hydrogens is 356 g/mol. The number of hydrogen-bond acceptors (Lipinski definition) is 2. The minimum Gasteiger partial charge on any atom is -0.393 e. The summed E-state index contributed by atoms with van der Waals surface area (Å²) >= 11 is 0. The molecule has 0 aliphatic heterocycles. The summed E-state index contributed by atoms with van der Waals surface area (Å²) in [6.07, 6.45) is 11.1. The van der Waals surface area contributed by atoms with Gasteiger partial charge >= 0.3 is 0 Å². The Morgan fingerprint density at radius 2 is 1.79 bits per heavy atom. The van der Waals surface area contributed by atoms with Crippen LogP contribution in [0.25, 0.3) is 0 Å². The highest BCUT2D eigenvalue weighted by Gasteiger charge is 2.59. The summed E-state index contributed by atoms with van der Waals surface area (Å²) in [6.45, 7) is 16.1. The van der Waals surface area contributed by atoms with E-state index in [1.54, 1.807) is 23.6 Å². The van der Waals surface area contributed by atoms with Crippen molar-refractivity contribution >= 4 is 5.78 Å². The molecular formula is C27H42O2. The number of aliphatic hydroxyl groups is 1. The van der Waals surface area contributed by atoms with Crippen LogP contribution < -0.4 is 0 Å². The molecule has 2 heteroatoms.